The minimum Gasteiger partial charge on any atom is -0.451 e. The molecular weight excluding hydrogens is 496 g/mol. The fourth-order valence-electron chi connectivity index (χ4n) is 3.89. The Morgan fingerprint density at radius 2 is 1.26 bits per heavy atom. The van der Waals surface area contributed by atoms with Crippen molar-refractivity contribution in [3.05, 3.63) is 35.9 Å². The van der Waals surface area contributed by atoms with Crippen LogP contribution in [0.5, 0.6) is 0 Å². The largest absolute Gasteiger partial charge is 0.451 e. The van der Waals surface area contributed by atoms with E-state index in [-0.39, 0.29) is 26.3 Å². The summed E-state index contributed by atoms with van der Waals surface area (Å²) in [5, 5.41) is 18.7. The van der Waals surface area contributed by atoms with Gasteiger partial charge in [0.25, 0.3) is 0 Å². The number of ether oxygens (including phenoxy) is 3. The first-order chi connectivity index (χ1) is 18.1. The number of aliphatic hydroxyl groups is 2. The van der Waals surface area contributed by atoms with Gasteiger partial charge in [0.2, 0.25) is 0 Å². The number of amides is 2. The molecule has 2 unspecified atom stereocenters. The van der Waals surface area contributed by atoms with E-state index in [0.29, 0.717) is 25.1 Å². The number of unbranched alkanes of at least 4 members (excludes halogenated alkanes) is 2. The molecule has 0 saturated carbocycles. The Labute approximate surface area is 223 Å². The van der Waals surface area contributed by atoms with Crippen LogP contribution in [0, 0.1) is 0 Å². The van der Waals surface area contributed by atoms with Gasteiger partial charge in [-0.2, -0.15) is 0 Å². The highest BCUT2D eigenvalue weighted by Gasteiger charge is 2.36. The molecule has 1 aromatic carbocycles. The first kappa shape index (κ1) is 31.2. The molecule has 0 spiro atoms. The van der Waals surface area contributed by atoms with Crippen molar-refractivity contribution >= 4 is 23.8 Å². The summed E-state index contributed by atoms with van der Waals surface area (Å²) in [6.45, 7) is 7.53. The second kappa shape index (κ2) is 15.4. The van der Waals surface area contributed by atoms with Gasteiger partial charge in [0, 0.05) is 25.1 Å². The van der Waals surface area contributed by atoms with Crippen LogP contribution < -0.4 is 0 Å². The van der Waals surface area contributed by atoms with Crippen LogP contribution in [0.3, 0.4) is 0 Å². The molecule has 212 valence electrons. The summed E-state index contributed by atoms with van der Waals surface area (Å²) in [7, 11) is 0. The molecule has 0 aromatic heterocycles. The van der Waals surface area contributed by atoms with Crippen LogP contribution in [0.4, 0.5) is 0 Å². The molecule has 0 radical (unpaired) electrons. The highest BCUT2D eigenvalue weighted by molar-refractivity contribution is 6.33. The average molecular weight is 537 g/mol. The predicted octanol–water partition coefficient (Wildman–Crippen LogP) is 1.35. The minimum atomic E-state index is -1.67. The molecule has 2 heterocycles. The van der Waals surface area contributed by atoms with Gasteiger partial charge in [-0.05, 0) is 12.8 Å². The molecule has 3 rings (SSSR count). The van der Waals surface area contributed by atoms with E-state index in [1.807, 2.05) is 19.9 Å². The number of rotatable bonds is 12. The quantitative estimate of drug-likeness (QED) is 0.230. The van der Waals surface area contributed by atoms with Crippen LogP contribution in [0.15, 0.2) is 30.3 Å². The minimum absolute atomic E-state index is 0.0958. The van der Waals surface area contributed by atoms with E-state index in [4.69, 9.17) is 14.2 Å². The Kier molecular flexibility index (Phi) is 12.6. The summed E-state index contributed by atoms with van der Waals surface area (Å²) in [6, 6.07) is 8.81. The lowest BCUT2D eigenvalue weighted by Crippen LogP contribution is -2.53. The van der Waals surface area contributed by atoms with E-state index in [0.717, 1.165) is 25.7 Å². The van der Waals surface area contributed by atoms with E-state index < -0.39 is 41.7 Å². The van der Waals surface area contributed by atoms with Crippen LogP contribution in [0.25, 0.3) is 0 Å². The van der Waals surface area contributed by atoms with Gasteiger partial charge in [0.15, 0.2) is 5.79 Å². The molecule has 38 heavy (non-hydrogen) atoms. The number of carbonyl (C=O) groups is 4. The van der Waals surface area contributed by atoms with Crippen LogP contribution in [0.2, 0.25) is 0 Å². The number of benzene rings is 1. The maximum absolute atomic E-state index is 11.8. The summed E-state index contributed by atoms with van der Waals surface area (Å²) >= 11 is 0. The number of esters is 2. The smallest absolute Gasteiger partial charge is 0.397 e. The normalized spacial score (nSPS) is 20.0. The predicted molar refractivity (Wildman–Crippen MR) is 136 cm³/mol. The topological polar surface area (TPSA) is 143 Å². The van der Waals surface area contributed by atoms with Gasteiger partial charge in [-0.3, -0.25) is 9.59 Å². The van der Waals surface area contributed by atoms with Crippen molar-refractivity contribution in [3.63, 3.8) is 0 Å². The zero-order valence-corrected chi connectivity index (χ0v) is 22.5. The molecule has 2 amide bonds. The summed E-state index contributed by atoms with van der Waals surface area (Å²) in [6.07, 6.45) is 2.66. The van der Waals surface area contributed by atoms with Crippen LogP contribution in [-0.4, -0.2) is 95.4 Å². The van der Waals surface area contributed by atoms with Crippen molar-refractivity contribution in [3.8, 4) is 0 Å². The maximum Gasteiger partial charge on any atom is 0.397 e. The van der Waals surface area contributed by atoms with E-state index in [9.17, 15) is 29.4 Å². The molecule has 0 aliphatic carbocycles. The number of hydrogen-bond donors (Lipinski definition) is 2. The Bertz CT molecular complexity index is 874. The number of nitrogens with zero attached hydrogens (tertiary/aromatic N) is 2. The van der Waals surface area contributed by atoms with Crippen LogP contribution in [0.1, 0.15) is 58.4 Å². The van der Waals surface area contributed by atoms with E-state index in [1.54, 1.807) is 31.2 Å². The third kappa shape index (κ3) is 9.38. The van der Waals surface area contributed by atoms with Crippen molar-refractivity contribution in [2.75, 3.05) is 39.4 Å². The van der Waals surface area contributed by atoms with Gasteiger partial charge in [-0.15, -0.1) is 0 Å². The third-order valence-electron chi connectivity index (χ3n) is 6.22. The summed E-state index contributed by atoms with van der Waals surface area (Å²) in [4.78, 5) is 49.9. The summed E-state index contributed by atoms with van der Waals surface area (Å²) in [5.74, 6) is -4.64. The Balaban J connectivity index is 0.000000384. The summed E-state index contributed by atoms with van der Waals surface area (Å²) in [5.41, 5.74) is 0.544. The Morgan fingerprint density at radius 3 is 1.66 bits per heavy atom. The maximum atomic E-state index is 11.8. The van der Waals surface area contributed by atoms with Gasteiger partial charge >= 0.3 is 23.8 Å². The summed E-state index contributed by atoms with van der Waals surface area (Å²) < 4.78 is 15.7. The SMILES string of the molecule is CCC(O)(O)c1ccccc1.CCCCN1CC(COCC2CN(CCCC)C(=O)C(=O)O2)OC(=O)C1=O. The van der Waals surface area contributed by atoms with Crippen molar-refractivity contribution in [2.45, 2.75) is 70.9 Å². The zero-order valence-electron chi connectivity index (χ0n) is 22.5. The van der Waals surface area contributed by atoms with Gasteiger partial charge < -0.3 is 34.2 Å². The molecule has 2 fully saturated rings. The van der Waals surface area contributed by atoms with Crippen LogP contribution >= 0.6 is 0 Å². The lowest BCUT2D eigenvalue weighted by molar-refractivity contribution is -0.180. The molecule has 2 N–H and O–H groups in total. The Morgan fingerprint density at radius 1 is 0.816 bits per heavy atom. The second-order valence-electron chi connectivity index (χ2n) is 9.34. The van der Waals surface area contributed by atoms with Gasteiger partial charge in [0.05, 0.1) is 26.3 Å². The fourth-order valence-corrected chi connectivity index (χ4v) is 3.89. The van der Waals surface area contributed by atoms with Crippen molar-refractivity contribution < 1.29 is 43.6 Å². The molecule has 11 nitrogen and oxygen atoms in total. The molecule has 2 aliphatic heterocycles. The average Bonchev–Trinajstić information content (AvgIpc) is 2.91. The molecule has 0 bridgehead atoms. The number of morpholine rings is 2. The number of cyclic esters (lactones) is 2. The lowest BCUT2D eigenvalue weighted by atomic mass is 10.0. The highest BCUT2D eigenvalue weighted by atomic mass is 16.6. The highest BCUT2D eigenvalue weighted by Crippen LogP contribution is 2.20. The standard InChI is InChI=1S/C18H28N2O7.C9H12O2/c1-3-5-7-19-9-13(26-17(23)15(19)21)11-25-12-14-10-20(8-6-4-2)16(22)18(24)27-14;1-2-9(10,11)8-6-4-3-5-7-8/h13-14H,3-12H2,1-2H3;3-7,10-11H,2H2,1H3. The van der Waals surface area contributed by atoms with Crippen molar-refractivity contribution in [1.82, 2.24) is 9.80 Å². The van der Waals surface area contributed by atoms with Gasteiger partial charge in [0.1, 0.15) is 12.2 Å². The zero-order chi connectivity index (χ0) is 28.1. The monoisotopic (exact) mass is 536 g/mol. The molecule has 2 atom stereocenters. The van der Waals surface area contributed by atoms with E-state index >= 15 is 0 Å². The molecule has 2 saturated heterocycles. The third-order valence-corrected chi connectivity index (χ3v) is 6.22. The van der Waals surface area contributed by atoms with Crippen molar-refractivity contribution in [1.29, 1.82) is 0 Å². The number of hydrogen-bond acceptors (Lipinski definition) is 9. The Hall–Kier alpha value is -3.02. The van der Waals surface area contributed by atoms with E-state index in [2.05, 4.69) is 0 Å². The molecular formula is C27H40N2O9. The molecule has 1 aromatic rings. The van der Waals surface area contributed by atoms with Crippen LogP contribution in [-0.2, 0) is 39.2 Å². The van der Waals surface area contributed by atoms with Gasteiger partial charge in [-0.1, -0.05) is 63.9 Å². The second-order valence-corrected chi connectivity index (χ2v) is 9.34. The van der Waals surface area contributed by atoms with E-state index in [1.165, 1.54) is 9.80 Å². The lowest BCUT2D eigenvalue weighted by Gasteiger charge is -2.33. The van der Waals surface area contributed by atoms with Crippen molar-refractivity contribution in [2.24, 2.45) is 0 Å². The first-order valence-corrected chi connectivity index (χ1v) is 13.2. The molecule has 2 aliphatic rings. The fraction of sp³-hybridized carbons (Fsp3) is 0.630. The molecule has 11 heteroatoms. The number of carbonyl (C=O) groups excluding carboxylic acids is 4. The first-order valence-electron chi connectivity index (χ1n) is 13.2. The van der Waals surface area contributed by atoms with Gasteiger partial charge in [-0.25, -0.2) is 9.59 Å².